The maximum atomic E-state index is 12.6. The standard InChI is InChI=1S/C28H31N3O2/c1-28(2,3)22-14-12-20(13-15-22)19-31-25-11-6-5-10-24(25)30-26(31)16-17-29-27(32)21-8-7-9-23(18-21)33-4/h5-15,18H,16-17,19H2,1-4H3,(H,29,32). The molecule has 1 aromatic heterocycles. The van der Waals surface area contributed by atoms with Crippen molar-refractivity contribution >= 4 is 16.9 Å². The number of hydrogen-bond acceptors (Lipinski definition) is 3. The molecule has 0 fully saturated rings. The maximum Gasteiger partial charge on any atom is 0.251 e. The number of fused-ring (bicyclic) bond motifs is 1. The number of amides is 1. The molecular formula is C28H31N3O2. The van der Waals surface area contributed by atoms with Crippen LogP contribution in [0.25, 0.3) is 11.0 Å². The van der Waals surface area contributed by atoms with Crippen molar-refractivity contribution in [1.82, 2.24) is 14.9 Å². The van der Waals surface area contributed by atoms with Gasteiger partial charge in [-0.15, -0.1) is 0 Å². The summed E-state index contributed by atoms with van der Waals surface area (Å²) in [5, 5.41) is 3.01. The number of rotatable bonds is 7. The van der Waals surface area contributed by atoms with Gasteiger partial charge in [-0.05, 0) is 46.9 Å². The molecule has 1 N–H and O–H groups in total. The molecule has 4 aromatic rings. The molecule has 5 nitrogen and oxygen atoms in total. The smallest absolute Gasteiger partial charge is 0.251 e. The van der Waals surface area contributed by atoms with Crippen LogP contribution in [-0.4, -0.2) is 29.1 Å². The Hall–Kier alpha value is -3.60. The van der Waals surface area contributed by atoms with Gasteiger partial charge in [-0.1, -0.05) is 63.2 Å². The minimum absolute atomic E-state index is 0.116. The van der Waals surface area contributed by atoms with Crippen molar-refractivity contribution in [2.24, 2.45) is 0 Å². The van der Waals surface area contributed by atoms with E-state index in [4.69, 9.17) is 9.72 Å². The quantitative estimate of drug-likeness (QED) is 0.420. The molecule has 3 aromatic carbocycles. The summed E-state index contributed by atoms with van der Waals surface area (Å²) in [6.07, 6.45) is 0.643. The van der Waals surface area contributed by atoms with Crippen LogP contribution in [0.4, 0.5) is 0 Å². The molecular weight excluding hydrogens is 410 g/mol. The number of aromatic nitrogens is 2. The summed E-state index contributed by atoms with van der Waals surface area (Å²) in [5.41, 5.74) is 5.34. The maximum absolute atomic E-state index is 12.6. The molecule has 0 aliphatic carbocycles. The summed E-state index contributed by atoms with van der Waals surface area (Å²) in [6, 6.07) is 24.2. The lowest BCUT2D eigenvalue weighted by atomic mass is 9.87. The second kappa shape index (κ2) is 9.49. The monoisotopic (exact) mass is 441 g/mol. The van der Waals surface area contributed by atoms with E-state index in [0.717, 1.165) is 23.4 Å². The van der Waals surface area contributed by atoms with E-state index in [-0.39, 0.29) is 11.3 Å². The van der Waals surface area contributed by atoms with Crippen LogP contribution in [0.5, 0.6) is 5.75 Å². The van der Waals surface area contributed by atoms with E-state index in [1.165, 1.54) is 11.1 Å². The van der Waals surface area contributed by atoms with Crippen molar-refractivity contribution in [2.45, 2.75) is 39.2 Å². The van der Waals surface area contributed by atoms with Crippen molar-refractivity contribution in [3.8, 4) is 5.75 Å². The molecule has 0 aliphatic rings. The minimum atomic E-state index is -0.116. The van der Waals surface area contributed by atoms with E-state index in [1.807, 2.05) is 30.3 Å². The first-order chi connectivity index (χ1) is 15.8. The number of carbonyl (C=O) groups excluding carboxylic acids is 1. The number of hydrogen-bond donors (Lipinski definition) is 1. The van der Waals surface area contributed by atoms with Gasteiger partial charge < -0.3 is 14.6 Å². The highest BCUT2D eigenvalue weighted by Crippen LogP contribution is 2.24. The van der Waals surface area contributed by atoms with Crippen LogP contribution >= 0.6 is 0 Å². The molecule has 4 rings (SSSR count). The zero-order valence-corrected chi connectivity index (χ0v) is 19.8. The molecule has 5 heteroatoms. The van der Waals surface area contributed by atoms with E-state index in [2.05, 4.69) is 61.0 Å². The van der Waals surface area contributed by atoms with Crippen molar-refractivity contribution < 1.29 is 9.53 Å². The van der Waals surface area contributed by atoms with Gasteiger partial charge in [-0.25, -0.2) is 4.98 Å². The molecule has 0 aliphatic heterocycles. The first kappa shape index (κ1) is 22.6. The van der Waals surface area contributed by atoms with Crippen molar-refractivity contribution in [1.29, 1.82) is 0 Å². The lowest BCUT2D eigenvalue weighted by Crippen LogP contribution is -2.26. The van der Waals surface area contributed by atoms with E-state index < -0.39 is 0 Å². The summed E-state index contributed by atoms with van der Waals surface area (Å²) in [5.74, 6) is 1.51. The van der Waals surface area contributed by atoms with Crippen LogP contribution in [0.3, 0.4) is 0 Å². The van der Waals surface area contributed by atoms with E-state index >= 15 is 0 Å². The third kappa shape index (κ3) is 5.25. The number of nitrogens with zero attached hydrogens (tertiary/aromatic N) is 2. The number of methoxy groups -OCH3 is 1. The zero-order valence-electron chi connectivity index (χ0n) is 19.8. The molecule has 0 atom stereocenters. The molecule has 0 radical (unpaired) electrons. The lowest BCUT2D eigenvalue weighted by molar-refractivity contribution is 0.0953. The predicted molar refractivity (Wildman–Crippen MR) is 133 cm³/mol. The average Bonchev–Trinajstić information content (AvgIpc) is 3.16. The zero-order chi connectivity index (χ0) is 23.4. The Bertz CT molecular complexity index is 1250. The largest absolute Gasteiger partial charge is 0.497 e. The van der Waals surface area contributed by atoms with E-state index in [1.54, 1.807) is 19.2 Å². The molecule has 0 spiro atoms. The Labute approximate surface area is 195 Å². The molecule has 33 heavy (non-hydrogen) atoms. The van der Waals surface area contributed by atoms with Crippen LogP contribution in [-0.2, 0) is 18.4 Å². The van der Waals surface area contributed by atoms with Crippen LogP contribution in [0.15, 0.2) is 72.8 Å². The molecule has 1 amide bonds. The highest BCUT2D eigenvalue weighted by Gasteiger charge is 2.15. The summed E-state index contributed by atoms with van der Waals surface area (Å²) < 4.78 is 7.47. The second-order valence-electron chi connectivity index (χ2n) is 9.29. The van der Waals surface area contributed by atoms with E-state index in [0.29, 0.717) is 24.3 Å². The average molecular weight is 442 g/mol. The Morgan fingerprint density at radius 2 is 1.76 bits per heavy atom. The predicted octanol–water partition coefficient (Wildman–Crippen LogP) is 5.36. The number of benzene rings is 3. The normalized spacial score (nSPS) is 11.5. The summed E-state index contributed by atoms with van der Waals surface area (Å²) in [4.78, 5) is 17.4. The fourth-order valence-corrected chi connectivity index (χ4v) is 3.94. The number of ether oxygens (including phenoxy) is 1. The Kier molecular flexibility index (Phi) is 6.50. The summed E-state index contributed by atoms with van der Waals surface area (Å²) in [6.45, 7) is 7.92. The minimum Gasteiger partial charge on any atom is -0.497 e. The van der Waals surface area contributed by atoms with Crippen LogP contribution in [0, 0.1) is 0 Å². The highest BCUT2D eigenvalue weighted by molar-refractivity contribution is 5.94. The van der Waals surface area contributed by atoms with Gasteiger partial charge in [0.05, 0.1) is 18.1 Å². The highest BCUT2D eigenvalue weighted by atomic mass is 16.5. The van der Waals surface area contributed by atoms with Gasteiger partial charge in [-0.2, -0.15) is 0 Å². The molecule has 170 valence electrons. The van der Waals surface area contributed by atoms with Crippen LogP contribution in [0.2, 0.25) is 0 Å². The van der Waals surface area contributed by atoms with Gasteiger partial charge in [0, 0.05) is 25.1 Å². The molecule has 0 bridgehead atoms. The fourth-order valence-electron chi connectivity index (χ4n) is 3.94. The Balaban J connectivity index is 1.51. The van der Waals surface area contributed by atoms with Crippen LogP contribution < -0.4 is 10.1 Å². The molecule has 1 heterocycles. The van der Waals surface area contributed by atoms with Gasteiger partial charge in [-0.3, -0.25) is 4.79 Å². The van der Waals surface area contributed by atoms with Gasteiger partial charge in [0.15, 0.2) is 0 Å². The van der Waals surface area contributed by atoms with Gasteiger partial charge in [0.25, 0.3) is 5.91 Å². The third-order valence-corrected chi connectivity index (χ3v) is 5.86. The molecule has 0 saturated carbocycles. The molecule has 0 saturated heterocycles. The number of carbonyl (C=O) groups is 1. The van der Waals surface area contributed by atoms with Crippen molar-refractivity contribution in [3.05, 3.63) is 95.3 Å². The van der Waals surface area contributed by atoms with Crippen LogP contribution in [0.1, 0.15) is 48.1 Å². The van der Waals surface area contributed by atoms with Crippen molar-refractivity contribution in [3.63, 3.8) is 0 Å². The van der Waals surface area contributed by atoms with E-state index in [9.17, 15) is 4.79 Å². The lowest BCUT2D eigenvalue weighted by Gasteiger charge is -2.19. The van der Waals surface area contributed by atoms with Gasteiger partial charge >= 0.3 is 0 Å². The Morgan fingerprint density at radius 1 is 1.00 bits per heavy atom. The summed E-state index contributed by atoms with van der Waals surface area (Å²) in [7, 11) is 1.60. The first-order valence-electron chi connectivity index (χ1n) is 11.3. The number of nitrogens with one attached hydrogen (secondary N) is 1. The van der Waals surface area contributed by atoms with Crippen molar-refractivity contribution in [2.75, 3.05) is 13.7 Å². The number of para-hydroxylation sites is 2. The van der Waals surface area contributed by atoms with Gasteiger partial charge in [0.1, 0.15) is 11.6 Å². The fraction of sp³-hybridized carbons (Fsp3) is 0.286. The topological polar surface area (TPSA) is 56.1 Å². The third-order valence-electron chi connectivity index (χ3n) is 5.86. The first-order valence-corrected chi connectivity index (χ1v) is 11.3. The van der Waals surface area contributed by atoms with Gasteiger partial charge in [0.2, 0.25) is 0 Å². The second-order valence-corrected chi connectivity index (χ2v) is 9.29. The SMILES string of the molecule is COc1cccc(C(=O)NCCc2nc3ccccc3n2Cc2ccc(C(C)(C)C)cc2)c1. The summed E-state index contributed by atoms with van der Waals surface area (Å²) >= 11 is 0. The Morgan fingerprint density at radius 3 is 2.48 bits per heavy atom. The molecule has 0 unspecified atom stereocenters. The number of imidazole rings is 1.